The zero-order chi connectivity index (χ0) is 34.1. The Hall–Kier alpha value is -6.24. The van der Waals surface area contributed by atoms with Gasteiger partial charge in [0.05, 0.1) is 0 Å². The summed E-state index contributed by atoms with van der Waals surface area (Å²) in [5, 5.41) is 7.70. The first-order valence-corrected chi connectivity index (χ1v) is 17.9. The zero-order valence-corrected chi connectivity index (χ0v) is 28.8. The van der Waals surface area contributed by atoms with E-state index < -0.39 is 0 Å². The van der Waals surface area contributed by atoms with Crippen molar-refractivity contribution < 1.29 is 0 Å². The van der Waals surface area contributed by atoms with Gasteiger partial charge in [-0.1, -0.05) is 190 Å². The molecule has 1 aliphatic rings. The van der Waals surface area contributed by atoms with Gasteiger partial charge in [-0.15, -0.1) is 0 Å². The van der Waals surface area contributed by atoms with Crippen molar-refractivity contribution in [2.75, 3.05) is 0 Å². The van der Waals surface area contributed by atoms with Crippen molar-refractivity contribution in [1.82, 2.24) is 0 Å². The molecule has 0 spiro atoms. The fraction of sp³-hybridized carbons (Fsp3) is 0.0588. The van der Waals surface area contributed by atoms with Gasteiger partial charge in [-0.05, 0) is 105 Å². The van der Waals surface area contributed by atoms with Crippen LogP contribution in [0.25, 0.3) is 88.0 Å². The summed E-state index contributed by atoms with van der Waals surface area (Å²) < 4.78 is 0. The van der Waals surface area contributed by atoms with Crippen LogP contribution in [0.2, 0.25) is 0 Å². The van der Waals surface area contributed by atoms with Gasteiger partial charge in [-0.2, -0.15) is 0 Å². The average Bonchev–Trinajstić information content (AvgIpc) is 3.43. The number of rotatable bonds is 4. The highest BCUT2D eigenvalue weighted by Gasteiger charge is 2.37. The minimum absolute atomic E-state index is 0.0646. The summed E-state index contributed by atoms with van der Waals surface area (Å²) >= 11 is 0. The maximum absolute atomic E-state index is 2.37. The summed E-state index contributed by atoms with van der Waals surface area (Å²) in [7, 11) is 0. The van der Waals surface area contributed by atoms with Crippen molar-refractivity contribution in [1.29, 1.82) is 0 Å². The van der Waals surface area contributed by atoms with E-state index in [1.807, 2.05) is 0 Å². The third-order valence-electron chi connectivity index (χ3n) is 11.3. The van der Waals surface area contributed by atoms with Gasteiger partial charge in [-0.25, -0.2) is 0 Å². The molecule has 10 rings (SSSR count). The number of hydrogen-bond acceptors (Lipinski definition) is 0. The predicted molar refractivity (Wildman–Crippen MR) is 218 cm³/mol. The molecule has 0 N–H and O–H groups in total. The summed E-state index contributed by atoms with van der Waals surface area (Å²) in [6.07, 6.45) is 0. The molecule has 0 saturated carbocycles. The second kappa shape index (κ2) is 11.4. The van der Waals surface area contributed by atoms with E-state index in [4.69, 9.17) is 0 Å². The molecule has 0 amide bonds. The van der Waals surface area contributed by atoms with E-state index >= 15 is 0 Å². The fourth-order valence-electron chi connectivity index (χ4n) is 8.84. The van der Waals surface area contributed by atoms with E-state index in [0.29, 0.717) is 0 Å². The van der Waals surface area contributed by atoms with Gasteiger partial charge in [0.2, 0.25) is 0 Å². The van der Waals surface area contributed by atoms with Gasteiger partial charge in [0, 0.05) is 5.41 Å². The van der Waals surface area contributed by atoms with E-state index in [0.717, 1.165) is 0 Å². The van der Waals surface area contributed by atoms with Crippen LogP contribution < -0.4 is 0 Å². The van der Waals surface area contributed by atoms with Crippen LogP contribution in [0.3, 0.4) is 0 Å². The van der Waals surface area contributed by atoms with Crippen molar-refractivity contribution >= 4 is 32.3 Å². The van der Waals surface area contributed by atoms with E-state index in [1.54, 1.807) is 0 Å². The molecule has 1 aliphatic carbocycles. The Kier molecular flexibility index (Phi) is 6.63. The standard InChI is InChI=1S/C51H36/c1-51(2)45-25-13-24-40(49(45)50-39-19-7-6-16-34(39)30-31-46(50)51)35-26-28-36(29-27-35)47-41-20-8-10-22-43(41)48(44-23-11-9-21-42(44)47)38-18-12-17-37(32-38)33-14-4-3-5-15-33/h3-32H,1-2H3. The van der Waals surface area contributed by atoms with E-state index in [-0.39, 0.29) is 5.41 Å². The zero-order valence-electron chi connectivity index (χ0n) is 28.8. The van der Waals surface area contributed by atoms with Crippen LogP contribution in [0, 0.1) is 0 Å². The summed E-state index contributed by atoms with van der Waals surface area (Å²) in [4.78, 5) is 0. The van der Waals surface area contributed by atoms with Crippen molar-refractivity contribution in [3.63, 3.8) is 0 Å². The average molecular weight is 649 g/mol. The van der Waals surface area contributed by atoms with Crippen molar-refractivity contribution in [3.8, 4) is 55.6 Å². The number of hydrogen-bond donors (Lipinski definition) is 0. The molecule has 0 aromatic heterocycles. The molecule has 240 valence electrons. The van der Waals surface area contributed by atoms with Crippen LogP contribution in [0.15, 0.2) is 182 Å². The number of fused-ring (bicyclic) bond motifs is 7. The first kappa shape index (κ1) is 29.7. The van der Waals surface area contributed by atoms with E-state index in [2.05, 4.69) is 196 Å². The van der Waals surface area contributed by atoms with Crippen molar-refractivity contribution in [3.05, 3.63) is 193 Å². The van der Waals surface area contributed by atoms with Crippen LogP contribution in [-0.2, 0) is 5.41 Å². The molecule has 9 aromatic rings. The Bertz CT molecular complexity index is 2740. The second-order valence-electron chi connectivity index (χ2n) is 14.4. The van der Waals surface area contributed by atoms with Gasteiger partial charge in [-0.3, -0.25) is 0 Å². The highest BCUT2D eigenvalue weighted by molar-refractivity contribution is 6.21. The van der Waals surface area contributed by atoms with Crippen LogP contribution >= 0.6 is 0 Å². The van der Waals surface area contributed by atoms with Gasteiger partial charge in [0.15, 0.2) is 0 Å². The minimum Gasteiger partial charge on any atom is -0.0622 e. The van der Waals surface area contributed by atoms with Crippen LogP contribution in [0.1, 0.15) is 25.0 Å². The van der Waals surface area contributed by atoms with Gasteiger partial charge in [0.1, 0.15) is 0 Å². The smallest absolute Gasteiger partial charge is 0.0159 e. The molecule has 0 heterocycles. The molecule has 0 radical (unpaired) electrons. The van der Waals surface area contributed by atoms with Gasteiger partial charge in [0.25, 0.3) is 0 Å². The molecule has 0 heteroatoms. The Balaban J connectivity index is 1.15. The maximum Gasteiger partial charge on any atom is 0.0159 e. The molecule has 0 fully saturated rings. The van der Waals surface area contributed by atoms with Crippen molar-refractivity contribution in [2.24, 2.45) is 0 Å². The summed E-state index contributed by atoms with van der Waals surface area (Å²) in [6, 6.07) is 67.3. The second-order valence-corrected chi connectivity index (χ2v) is 14.4. The van der Waals surface area contributed by atoms with Crippen LogP contribution in [0.5, 0.6) is 0 Å². The maximum atomic E-state index is 2.37. The Morgan fingerprint density at radius 1 is 0.294 bits per heavy atom. The van der Waals surface area contributed by atoms with Crippen LogP contribution in [0.4, 0.5) is 0 Å². The van der Waals surface area contributed by atoms with Gasteiger partial charge < -0.3 is 0 Å². The molecule has 51 heavy (non-hydrogen) atoms. The Morgan fingerprint density at radius 2 is 0.804 bits per heavy atom. The molecule has 0 aliphatic heterocycles. The molecule has 0 saturated heterocycles. The van der Waals surface area contributed by atoms with Crippen LogP contribution in [-0.4, -0.2) is 0 Å². The molecular weight excluding hydrogens is 613 g/mol. The summed E-state index contributed by atoms with van der Waals surface area (Å²) in [6.45, 7) is 4.74. The third-order valence-corrected chi connectivity index (χ3v) is 11.3. The molecule has 0 atom stereocenters. The highest BCUT2D eigenvalue weighted by atomic mass is 14.4. The molecule has 0 unspecified atom stereocenters. The largest absolute Gasteiger partial charge is 0.0622 e. The first-order valence-electron chi connectivity index (χ1n) is 17.9. The van der Waals surface area contributed by atoms with E-state index in [9.17, 15) is 0 Å². The normalized spacial score (nSPS) is 13.1. The predicted octanol–water partition coefficient (Wildman–Crippen LogP) is 14.1. The lowest BCUT2D eigenvalue weighted by atomic mass is 9.81. The SMILES string of the molecule is CC1(C)c2cccc(-c3ccc(-c4c5ccccc5c(-c5cccc(-c6ccccc6)c5)c5ccccc45)cc3)c2-c2c1ccc1ccccc21. The Morgan fingerprint density at radius 3 is 1.49 bits per heavy atom. The van der Waals surface area contributed by atoms with Crippen molar-refractivity contribution in [2.45, 2.75) is 19.3 Å². The van der Waals surface area contributed by atoms with Gasteiger partial charge >= 0.3 is 0 Å². The topological polar surface area (TPSA) is 0 Å². The highest BCUT2D eigenvalue weighted by Crippen LogP contribution is 2.54. The lowest BCUT2D eigenvalue weighted by Gasteiger charge is -2.22. The Labute approximate surface area is 299 Å². The summed E-state index contributed by atoms with van der Waals surface area (Å²) in [5.41, 5.74) is 15.5. The molecular formula is C51H36. The third kappa shape index (κ3) is 4.53. The number of benzene rings is 9. The molecule has 0 bridgehead atoms. The molecule has 0 nitrogen and oxygen atoms in total. The lowest BCUT2D eigenvalue weighted by molar-refractivity contribution is 0.661. The fourth-order valence-corrected chi connectivity index (χ4v) is 8.84. The minimum atomic E-state index is -0.0646. The molecule has 9 aromatic carbocycles. The first-order chi connectivity index (χ1) is 25.1. The lowest BCUT2D eigenvalue weighted by Crippen LogP contribution is -2.14. The quantitative estimate of drug-likeness (QED) is 0.167. The van der Waals surface area contributed by atoms with E-state index in [1.165, 1.54) is 99.1 Å². The summed E-state index contributed by atoms with van der Waals surface area (Å²) in [5.74, 6) is 0. The monoisotopic (exact) mass is 648 g/mol.